The monoisotopic (exact) mass is 401 g/mol. The lowest BCUT2D eigenvalue weighted by Gasteiger charge is -2.32. The largest absolute Gasteiger partial charge is 0.489 e. The summed E-state index contributed by atoms with van der Waals surface area (Å²) < 4.78 is 8.26. The summed E-state index contributed by atoms with van der Waals surface area (Å²) in [6.45, 7) is 6.23. The van der Waals surface area contributed by atoms with Crippen LogP contribution in [0.5, 0.6) is 5.75 Å². The fraction of sp³-hybridized carbons (Fsp3) is 0.292. The highest BCUT2D eigenvalue weighted by Crippen LogP contribution is 2.50. The Morgan fingerprint density at radius 3 is 2.90 bits per heavy atom. The molecule has 1 fully saturated rings. The van der Waals surface area contributed by atoms with E-state index in [2.05, 4.69) is 45.6 Å². The molecule has 0 saturated heterocycles. The Labute approximate surface area is 174 Å². The second kappa shape index (κ2) is 6.29. The average Bonchev–Trinajstić information content (AvgIpc) is 3.40. The minimum Gasteiger partial charge on any atom is -0.489 e. The van der Waals surface area contributed by atoms with Gasteiger partial charge in [-0.1, -0.05) is 24.8 Å². The molecule has 6 heteroatoms. The van der Waals surface area contributed by atoms with E-state index in [9.17, 15) is 9.90 Å². The molecule has 1 unspecified atom stereocenters. The molecule has 1 aliphatic carbocycles. The number of carbonyl (C=O) groups is 1. The molecule has 3 aliphatic rings. The number of anilines is 2. The Bertz CT molecular complexity index is 1210. The number of carboxylic acid groups (broad SMARTS) is 1. The number of hydrogen-bond donors (Lipinski definition) is 2. The van der Waals surface area contributed by atoms with Crippen molar-refractivity contribution in [2.75, 3.05) is 23.4 Å². The van der Waals surface area contributed by atoms with Gasteiger partial charge in [-0.15, -0.1) is 0 Å². The van der Waals surface area contributed by atoms with Crippen LogP contribution in [0.15, 0.2) is 43.0 Å². The van der Waals surface area contributed by atoms with Gasteiger partial charge in [0.05, 0.1) is 23.5 Å². The summed E-state index contributed by atoms with van der Waals surface area (Å²) in [4.78, 5) is 13.9. The summed E-state index contributed by atoms with van der Waals surface area (Å²) in [5.41, 5.74) is 5.58. The average molecular weight is 401 g/mol. The predicted molar refractivity (Wildman–Crippen MR) is 117 cm³/mol. The Balaban J connectivity index is 1.49. The summed E-state index contributed by atoms with van der Waals surface area (Å²) in [6, 6.07) is 12.1. The minimum atomic E-state index is -0.945. The molecule has 2 N–H and O–H groups in total. The number of ether oxygens (including phenoxy) is 1. The van der Waals surface area contributed by atoms with Crippen molar-refractivity contribution in [3.63, 3.8) is 0 Å². The number of carboxylic acids is 1. The number of hydrogen-bond acceptors (Lipinski definition) is 4. The molecular formula is C24H23N3O3. The molecule has 1 atom stereocenters. The normalized spacial score (nSPS) is 19.3. The van der Waals surface area contributed by atoms with Gasteiger partial charge in [-0.05, 0) is 48.6 Å². The van der Waals surface area contributed by atoms with Crippen molar-refractivity contribution in [3.8, 4) is 5.75 Å². The van der Waals surface area contributed by atoms with Crippen LogP contribution in [-0.4, -0.2) is 28.8 Å². The standard InChI is InChI=1S/C24H23N3O3/c1-2-14-5-6-16-11-20(27(19(16)9-14)13-15-3-4-15)23-25-18-10-17(24(28)29)12-21-22(18)26(23)7-8-30-21/h2,5-6,9-12,15,23,25H,1,3-4,7-8,13H2,(H,28,29). The molecule has 3 heterocycles. The van der Waals surface area contributed by atoms with Crippen molar-refractivity contribution in [1.29, 1.82) is 0 Å². The van der Waals surface area contributed by atoms with Gasteiger partial charge < -0.3 is 24.6 Å². The van der Waals surface area contributed by atoms with Gasteiger partial charge in [-0.25, -0.2) is 4.79 Å². The van der Waals surface area contributed by atoms with Crippen molar-refractivity contribution in [2.45, 2.75) is 25.6 Å². The molecule has 3 aromatic rings. The first-order valence-electron chi connectivity index (χ1n) is 10.5. The number of nitrogens with one attached hydrogen (secondary N) is 1. The molecule has 1 saturated carbocycles. The van der Waals surface area contributed by atoms with Crippen molar-refractivity contribution in [2.24, 2.45) is 5.92 Å². The number of nitrogens with zero attached hydrogens (tertiary/aromatic N) is 2. The van der Waals surface area contributed by atoms with Crippen molar-refractivity contribution >= 4 is 34.3 Å². The first kappa shape index (κ1) is 17.4. The summed E-state index contributed by atoms with van der Waals surface area (Å²) in [7, 11) is 0. The molecule has 0 amide bonds. The first-order chi connectivity index (χ1) is 14.6. The van der Waals surface area contributed by atoms with Crippen LogP contribution in [0.25, 0.3) is 17.0 Å². The fourth-order valence-electron chi connectivity index (χ4n) is 4.74. The van der Waals surface area contributed by atoms with E-state index in [0.717, 1.165) is 35.9 Å². The maximum atomic E-state index is 11.6. The summed E-state index contributed by atoms with van der Waals surface area (Å²) >= 11 is 0. The smallest absolute Gasteiger partial charge is 0.335 e. The van der Waals surface area contributed by atoms with Crippen LogP contribution >= 0.6 is 0 Å². The zero-order valence-corrected chi connectivity index (χ0v) is 16.6. The second-order valence-corrected chi connectivity index (χ2v) is 8.41. The van der Waals surface area contributed by atoms with Crippen molar-refractivity contribution < 1.29 is 14.6 Å². The third-order valence-corrected chi connectivity index (χ3v) is 6.42. The zero-order valence-electron chi connectivity index (χ0n) is 16.6. The van der Waals surface area contributed by atoms with Crippen molar-refractivity contribution in [3.05, 3.63) is 59.8 Å². The van der Waals surface area contributed by atoms with Crippen LogP contribution < -0.4 is 15.0 Å². The van der Waals surface area contributed by atoms with E-state index in [1.165, 1.54) is 29.4 Å². The van der Waals surface area contributed by atoms with Gasteiger partial charge in [0.15, 0.2) is 0 Å². The molecule has 0 spiro atoms. The molecule has 2 aliphatic heterocycles. The Kier molecular flexibility index (Phi) is 3.66. The molecule has 0 radical (unpaired) electrons. The van der Waals surface area contributed by atoms with E-state index >= 15 is 0 Å². The van der Waals surface area contributed by atoms with E-state index < -0.39 is 5.97 Å². The second-order valence-electron chi connectivity index (χ2n) is 8.41. The predicted octanol–water partition coefficient (Wildman–Crippen LogP) is 4.72. The molecule has 1 aromatic heterocycles. The third-order valence-electron chi connectivity index (χ3n) is 6.42. The molecule has 6 rings (SSSR count). The van der Waals surface area contributed by atoms with E-state index in [1.807, 2.05) is 6.08 Å². The van der Waals surface area contributed by atoms with E-state index in [0.29, 0.717) is 12.4 Å². The van der Waals surface area contributed by atoms with Crippen LogP contribution in [0.4, 0.5) is 11.4 Å². The quantitative estimate of drug-likeness (QED) is 0.648. The van der Waals surface area contributed by atoms with Crippen LogP contribution in [0.1, 0.15) is 40.6 Å². The minimum absolute atomic E-state index is 0.0509. The zero-order chi connectivity index (χ0) is 20.4. The molecule has 30 heavy (non-hydrogen) atoms. The molecular weight excluding hydrogens is 378 g/mol. The van der Waals surface area contributed by atoms with Gasteiger partial charge in [0.25, 0.3) is 0 Å². The number of benzene rings is 2. The molecule has 2 aromatic carbocycles. The van der Waals surface area contributed by atoms with Gasteiger partial charge in [0.2, 0.25) is 0 Å². The van der Waals surface area contributed by atoms with Crippen LogP contribution in [-0.2, 0) is 6.54 Å². The first-order valence-corrected chi connectivity index (χ1v) is 10.5. The van der Waals surface area contributed by atoms with Gasteiger partial charge >= 0.3 is 5.97 Å². The van der Waals surface area contributed by atoms with E-state index in [1.54, 1.807) is 12.1 Å². The van der Waals surface area contributed by atoms with E-state index in [-0.39, 0.29) is 11.7 Å². The Morgan fingerprint density at radius 2 is 2.13 bits per heavy atom. The lowest BCUT2D eigenvalue weighted by Crippen LogP contribution is -2.35. The van der Waals surface area contributed by atoms with Gasteiger partial charge in [0.1, 0.15) is 24.2 Å². The third kappa shape index (κ3) is 2.60. The van der Waals surface area contributed by atoms with Crippen molar-refractivity contribution in [1.82, 2.24) is 4.57 Å². The fourth-order valence-corrected chi connectivity index (χ4v) is 4.74. The lowest BCUT2D eigenvalue weighted by atomic mass is 10.1. The Hall–Kier alpha value is -3.41. The van der Waals surface area contributed by atoms with E-state index in [4.69, 9.17) is 4.74 Å². The highest BCUT2D eigenvalue weighted by Gasteiger charge is 2.38. The van der Waals surface area contributed by atoms with Crippen LogP contribution in [0.3, 0.4) is 0 Å². The molecule has 6 nitrogen and oxygen atoms in total. The Morgan fingerprint density at radius 1 is 1.27 bits per heavy atom. The van der Waals surface area contributed by atoms with Gasteiger partial charge in [0, 0.05) is 17.4 Å². The highest BCUT2D eigenvalue weighted by molar-refractivity contribution is 5.95. The lowest BCUT2D eigenvalue weighted by molar-refractivity contribution is 0.0696. The summed E-state index contributed by atoms with van der Waals surface area (Å²) in [6.07, 6.45) is 4.40. The van der Waals surface area contributed by atoms with Crippen LogP contribution in [0, 0.1) is 5.92 Å². The highest BCUT2D eigenvalue weighted by atomic mass is 16.5. The maximum Gasteiger partial charge on any atom is 0.335 e. The van der Waals surface area contributed by atoms with Gasteiger partial charge in [-0.3, -0.25) is 0 Å². The number of rotatable bonds is 5. The molecule has 152 valence electrons. The number of fused-ring (bicyclic) bond motifs is 1. The number of aromatic nitrogens is 1. The SMILES string of the molecule is C=Cc1ccc2cc(C3Nc4cc(C(=O)O)cc5c4N3CCO5)n(CC3CC3)c2c1. The molecule has 0 bridgehead atoms. The summed E-state index contributed by atoms with van der Waals surface area (Å²) in [5, 5.41) is 14.3. The van der Waals surface area contributed by atoms with Gasteiger partial charge in [-0.2, -0.15) is 0 Å². The maximum absolute atomic E-state index is 11.6. The topological polar surface area (TPSA) is 66.7 Å². The summed E-state index contributed by atoms with van der Waals surface area (Å²) in [5.74, 6) is 0.430. The number of aromatic carboxylic acids is 1. The van der Waals surface area contributed by atoms with Crippen LogP contribution in [0.2, 0.25) is 0 Å².